The maximum atomic E-state index is 2.62. The molecule has 0 amide bonds. The number of anilines is 5. The van der Waals surface area contributed by atoms with Gasteiger partial charge in [-0.05, 0) is 196 Å². The minimum atomic E-state index is -0.0363. The molecule has 2 heteroatoms. The highest BCUT2D eigenvalue weighted by atomic mass is 15.1. The fourth-order valence-electron chi connectivity index (χ4n) is 13.1. The van der Waals surface area contributed by atoms with Crippen LogP contribution in [0.4, 0.5) is 28.4 Å². The van der Waals surface area contributed by atoms with E-state index in [0.717, 1.165) is 24.2 Å². The number of fused-ring (bicyclic) bond motifs is 3. The van der Waals surface area contributed by atoms with Crippen molar-refractivity contribution in [3.63, 3.8) is 0 Å². The van der Waals surface area contributed by atoms with E-state index in [9.17, 15) is 0 Å². The zero-order chi connectivity index (χ0) is 57.4. The Morgan fingerprint density at radius 1 is 0.289 bits per heavy atom. The number of rotatable bonds is 29. The molecule has 2 nitrogen and oxygen atoms in total. The molecule has 83 heavy (non-hydrogen) atoms. The Hall–Kier alpha value is -7.42. The molecule has 0 saturated heterocycles. The Bertz CT molecular complexity index is 3400. The summed E-state index contributed by atoms with van der Waals surface area (Å²) in [5.41, 5.74) is 26.0. The van der Waals surface area contributed by atoms with Gasteiger partial charge in [0.2, 0.25) is 0 Å². The molecule has 0 bridgehead atoms. The first-order valence-electron chi connectivity index (χ1n) is 32.3. The number of hydrogen-bond donors (Lipinski definition) is 0. The predicted octanol–water partition coefficient (Wildman–Crippen LogP) is 24.4. The largest absolute Gasteiger partial charge is 0.345 e. The smallest absolute Gasteiger partial charge is 0.0462 e. The molecule has 0 atom stereocenters. The van der Waals surface area contributed by atoms with Crippen LogP contribution in [0.5, 0.6) is 0 Å². The highest BCUT2D eigenvalue weighted by Crippen LogP contribution is 2.56. The molecule has 1 aliphatic rings. The van der Waals surface area contributed by atoms with E-state index < -0.39 is 0 Å². The Balaban J connectivity index is 0.937. The van der Waals surface area contributed by atoms with Crippen LogP contribution in [0, 0.1) is 6.92 Å². The van der Waals surface area contributed by atoms with Gasteiger partial charge in [0.05, 0.1) is 0 Å². The number of aryl methyl sites for hydroxylation is 3. The topological polar surface area (TPSA) is 6.48 Å². The summed E-state index contributed by atoms with van der Waals surface area (Å²) < 4.78 is 0. The van der Waals surface area contributed by atoms with Crippen LogP contribution >= 0.6 is 0 Å². The van der Waals surface area contributed by atoms with Crippen LogP contribution in [-0.2, 0) is 18.3 Å². The molecule has 9 aromatic rings. The van der Waals surface area contributed by atoms with E-state index in [1.807, 2.05) is 0 Å². The SMILES string of the molecule is CCCCCCCCC1(CCCCCCCC)c2cc(-c3ccc(-c4ccc(N(c5ccc(CCCC)cc5)c5ccc(-c6ccc(C)cc6)cc5)cc4)cc3)ccc2-c2ccc(-c3ccc(N(C)c4ccc(CCCC)cc4)cc3)cc21. The third kappa shape index (κ3) is 14.2. The molecular weight excluding hydrogens is 1000 g/mol. The highest BCUT2D eigenvalue weighted by molar-refractivity contribution is 5.87. The predicted molar refractivity (Wildman–Crippen MR) is 362 cm³/mol. The van der Waals surface area contributed by atoms with Crippen LogP contribution < -0.4 is 9.80 Å². The number of benzene rings is 9. The van der Waals surface area contributed by atoms with Gasteiger partial charge in [0.1, 0.15) is 0 Å². The number of hydrogen-bond acceptors (Lipinski definition) is 2. The summed E-state index contributed by atoms with van der Waals surface area (Å²) in [5, 5.41) is 0. The second-order valence-corrected chi connectivity index (χ2v) is 24.2. The van der Waals surface area contributed by atoms with Gasteiger partial charge in [-0.2, -0.15) is 0 Å². The van der Waals surface area contributed by atoms with Gasteiger partial charge < -0.3 is 9.80 Å². The maximum absolute atomic E-state index is 2.62. The normalized spacial score (nSPS) is 12.3. The van der Waals surface area contributed by atoms with Crippen molar-refractivity contribution in [1.29, 1.82) is 0 Å². The molecule has 426 valence electrons. The summed E-state index contributed by atoms with van der Waals surface area (Å²) in [5.74, 6) is 0. The quantitative estimate of drug-likeness (QED) is 0.0431. The summed E-state index contributed by atoms with van der Waals surface area (Å²) >= 11 is 0. The van der Waals surface area contributed by atoms with E-state index in [1.54, 1.807) is 11.1 Å². The lowest BCUT2D eigenvalue weighted by atomic mass is 9.70. The first-order valence-corrected chi connectivity index (χ1v) is 32.3. The third-order valence-electron chi connectivity index (χ3n) is 18.2. The third-order valence-corrected chi connectivity index (χ3v) is 18.2. The second kappa shape index (κ2) is 28.7. The molecule has 0 saturated carbocycles. The van der Waals surface area contributed by atoms with Gasteiger partial charge in [-0.15, -0.1) is 0 Å². The summed E-state index contributed by atoms with van der Waals surface area (Å²) in [6, 6.07) is 79.1. The Kier molecular flexibility index (Phi) is 20.3. The van der Waals surface area contributed by atoms with E-state index in [-0.39, 0.29) is 5.41 Å². The van der Waals surface area contributed by atoms with Gasteiger partial charge in [-0.25, -0.2) is 0 Å². The lowest BCUT2D eigenvalue weighted by Gasteiger charge is -2.33. The van der Waals surface area contributed by atoms with Gasteiger partial charge in [-0.1, -0.05) is 257 Å². The van der Waals surface area contributed by atoms with Crippen LogP contribution in [0.15, 0.2) is 206 Å². The molecule has 1 aliphatic carbocycles. The fraction of sp³-hybridized carbons (Fsp3) is 0.333. The molecule has 10 rings (SSSR count). The molecular formula is C81H92N2. The standard InChI is InChI=1S/C81H92N2/c1-7-11-15-17-19-21-57-81(58-22-20-18-16-12-8-2)79-59-70(43-55-77(79)78-56-44-71(60-80(78)81)69-37-49-73(50-38-69)82(6)72-45-27-62(28-46-72)23-13-9-3)68-35-33-65(34-36-68)67-41-53-76(54-42-67)83(74-47-29-63(30-48-74)24-14-10-4)75-51-39-66(40-52-75)64-31-25-61(5)26-32-64/h25-56,59-60H,7-24,57-58H2,1-6H3. The maximum Gasteiger partial charge on any atom is 0.0462 e. The van der Waals surface area contributed by atoms with Crippen molar-refractivity contribution in [3.05, 3.63) is 234 Å². The fourth-order valence-corrected chi connectivity index (χ4v) is 13.1. The average molecular weight is 1090 g/mol. The van der Waals surface area contributed by atoms with Crippen molar-refractivity contribution < 1.29 is 0 Å². The Morgan fingerprint density at radius 3 is 0.964 bits per heavy atom. The van der Waals surface area contributed by atoms with Crippen LogP contribution in [0.25, 0.3) is 55.6 Å². The Labute approximate surface area is 500 Å². The lowest BCUT2D eigenvalue weighted by Crippen LogP contribution is -2.25. The van der Waals surface area contributed by atoms with Crippen LogP contribution in [-0.4, -0.2) is 7.05 Å². The van der Waals surface area contributed by atoms with Crippen molar-refractivity contribution in [3.8, 4) is 55.6 Å². The van der Waals surface area contributed by atoms with Crippen molar-refractivity contribution in [2.75, 3.05) is 16.8 Å². The van der Waals surface area contributed by atoms with E-state index >= 15 is 0 Å². The molecule has 9 aromatic carbocycles. The molecule has 0 heterocycles. The van der Waals surface area contributed by atoms with E-state index in [4.69, 9.17) is 0 Å². The lowest BCUT2D eigenvalue weighted by molar-refractivity contribution is 0.398. The first-order chi connectivity index (χ1) is 40.8. The van der Waals surface area contributed by atoms with Crippen LogP contribution in [0.2, 0.25) is 0 Å². The molecule has 0 N–H and O–H groups in total. The molecule has 0 radical (unpaired) electrons. The minimum Gasteiger partial charge on any atom is -0.345 e. The Morgan fingerprint density at radius 2 is 0.578 bits per heavy atom. The summed E-state index contributed by atoms with van der Waals surface area (Å²) in [7, 11) is 2.19. The van der Waals surface area contributed by atoms with Crippen LogP contribution in [0.1, 0.15) is 171 Å². The van der Waals surface area contributed by atoms with Gasteiger partial charge in [0.25, 0.3) is 0 Å². The van der Waals surface area contributed by atoms with Crippen molar-refractivity contribution in [1.82, 2.24) is 0 Å². The molecule has 0 fully saturated rings. The molecule has 0 spiro atoms. The average Bonchev–Trinajstić information content (AvgIpc) is 1.86. The van der Waals surface area contributed by atoms with Gasteiger partial charge in [0.15, 0.2) is 0 Å². The first kappa shape index (κ1) is 58.8. The molecule has 0 aliphatic heterocycles. The van der Waals surface area contributed by atoms with Gasteiger partial charge >= 0.3 is 0 Å². The van der Waals surface area contributed by atoms with Gasteiger partial charge in [-0.3, -0.25) is 0 Å². The zero-order valence-electron chi connectivity index (χ0n) is 51.2. The number of unbranched alkanes of at least 4 members (excludes halogenated alkanes) is 12. The van der Waals surface area contributed by atoms with Gasteiger partial charge in [0, 0.05) is 40.9 Å². The van der Waals surface area contributed by atoms with Crippen molar-refractivity contribution in [2.45, 2.75) is 168 Å². The summed E-state index contributed by atoms with van der Waals surface area (Å²) in [6.07, 6.45) is 25.2. The summed E-state index contributed by atoms with van der Waals surface area (Å²) in [6.45, 7) is 11.3. The molecule has 0 unspecified atom stereocenters. The monoisotopic (exact) mass is 1090 g/mol. The van der Waals surface area contributed by atoms with E-state index in [2.05, 4.69) is 258 Å². The summed E-state index contributed by atoms with van der Waals surface area (Å²) in [4.78, 5) is 4.71. The second-order valence-electron chi connectivity index (χ2n) is 24.2. The van der Waals surface area contributed by atoms with Crippen molar-refractivity contribution in [2.24, 2.45) is 0 Å². The minimum absolute atomic E-state index is 0.0363. The highest BCUT2D eigenvalue weighted by Gasteiger charge is 2.42. The zero-order valence-corrected chi connectivity index (χ0v) is 51.2. The van der Waals surface area contributed by atoms with Crippen molar-refractivity contribution >= 4 is 28.4 Å². The number of nitrogens with zero attached hydrogens (tertiary/aromatic N) is 2. The molecule has 0 aromatic heterocycles. The van der Waals surface area contributed by atoms with Crippen LogP contribution in [0.3, 0.4) is 0 Å². The van der Waals surface area contributed by atoms with E-state index in [1.165, 1.54) is 205 Å². The van der Waals surface area contributed by atoms with E-state index in [0.29, 0.717) is 0 Å².